The summed E-state index contributed by atoms with van der Waals surface area (Å²) >= 11 is 0. The number of aliphatic hydroxyl groups is 1. The van der Waals surface area contributed by atoms with E-state index in [9.17, 15) is 14.7 Å². The van der Waals surface area contributed by atoms with Gasteiger partial charge in [-0.3, -0.25) is 14.9 Å². The lowest BCUT2D eigenvalue weighted by Crippen LogP contribution is -2.50. The molecule has 1 heterocycles. The maximum absolute atomic E-state index is 13.3. The summed E-state index contributed by atoms with van der Waals surface area (Å²) in [6.07, 6.45) is 12.9. The van der Waals surface area contributed by atoms with Gasteiger partial charge in [-0.2, -0.15) is 0 Å². The van der Waals surface area contributed by atoms with E-state index in [0.29, 0.717) is 29.6 Å². The van der Waals surface area contributed by atoms with Crippen LogP contribution in [-0.2, 0) is 9.59 Å². The van der Waals surface area contributed by atoms with Gasteiger partial charge in [0.15, 0.2) is 0 Å². The normalized spacial score (nSPS) is 46.9. The van der Waals surface area contributed by atoms with Gasteiger partial charge in [0.2, 0.25) is 11.8 Å². The van der Waals surface area contributed by atoms with E-state index in [4.69, 9.17) is 0 Å². The van der Waals surface area contributed by atoms with Gasteiger partial charge < -0.3 is 5.11 Å². The minimum absolute atomic E-state index is 0.0243. The molecule has 5 aliphatic carbocycles. The lowest BCUT2D eigenvalue weighted by Gasteiger charge is -2.58. The van der Waals surface area contributed by atoms with Crippen LogP contribution in [0.1, 0.15) is 80.1 Å². The molecule has 2 amide bonds. The summed E-state index contributed by atoms with van der Waals surface area (Å²) in [5, 5.41) is 13.3. The number of carbonyl (C=O) groups excluding carboxylic acids is 2. The molecule has 4 heteroatoms. The first kappa shape index (κ1) is 24.6. The molecule has 0 aromatic carbocycles. The van der Waals surface area contributed by atoms with Crippen molar-refractivity contribution in [3.05, 3.63) is 34.9 Å². The Bertz CT molecular complexity index is 1080. The predicted molar refractivity (Wildman–Crippen MR) is 141 cm³/mol. The maximum atomic E-state index is 13.3. The van der Waals surface area contributed by atoms with E-state index in [1.165, 1.54) is 17.6 Å². The highest BCUT2D eigenvalue weighted by atomic mass is 16.3. The highest BCUT2D eigenvalue weighted by Gasteiger charge is 2.66. The zero-order chi connectivity index (χ0) is 25.7. The van der Waals surface area contributed by atoms with Crippen LogP contribution in [0.3, 0.4) is 0 Å². The second kappa shape index (κ2) is 8.16. The van der Waals surface area contributed by atoms with E-state index in [2.05, 4.69) is 65.1 Å². The van der Waals surface area contributed by atoms with Crippen molar-refractivity contribution in [2.24, 2.45) is 64.1 Å². The molecule has 0 radical (unpaired) electrons. The number of amides is 2. The largest absolute Gasteiger partial charge is 0.393 e. The Morgan fingerprint density at radius 2 is 1.69 bits per heavy atom. The quantitative estimate of drug-likeness (QED) is 0.384. The van der Waals surface area contributed by atoms with Crippen molar-refractivity contribution in [1.82, 2.24) is 5.32 Å². The first-order valence-corrected chi connectivity index (χ1v) is 14.6. The summed E-state index contributed by atoms with van der Waals surface area (Å²) in [6.45, 7) is 14.2. The van der Waals surface area contributed by atoms with Gasteiger partial charge in [0.25, 0.3) is 0 Å². The highest BCUT2D eigenvalue weighted by molar-refractivity contribution is 6.06. The molecule has 0 aromatic heterocycles. The number of imide groups is 1. The molecule has 6 rings (SSSR count). The third-order valence-electron chi connectivity index (χ3n) is 12.1. The Morgan fingerprint density at radius 1 is 1.00 bits per heavy atom. The third-order valence-corrected chi connectivity index (χ3v) is 12.1. The average Bonchev–Trinajstić information content (AvgIpc) is 3.30. The second-order valence-electron chi connectivity index (χ2n) is 14.1. The standard InChI is InChI=1S/C32H45NO3/c1-16(2)17(3)7-8-18(4)24-15-22-27-26(29(35)33-30(27)36)21-14-19-13-20(34)9-11-31(19,5)23-10-12-32(24,6)28(22)25(21)23/h7-8,14,16-18,20-24,26-27,34H,9-13,15H2,1-6H3,(H,33,35,36)/b8-7+/t17-,18+,20-,21+,22+,23-,24+,26-,27+,31-,32+/m0/s1. The maximum Gasteiger partial charge on any atom is 0.231 e. The molecule has 0 bridgehead atoms. The molecule has 6 aliphatic rings. The molecule has 2 saturated carbocycles. The minimum atomic E-state index is -0.282. The van der Waals surface area contributed by atoms with Crippen LogP contribution in [0.2, 0.25) is 0 Å². The summed E-state index contributed by atoms with van der Waals surface area (Å²) in [5.74, 6) is 2.17. The fraction of sp³-hybridized carbons (Fsp3) is 0.750. The van der Waals surface area contributed by atoms with Crippen molar-refractivity contribution in [1.29, 1.82) is 0 Å². The highest BCUT2D eigenvalue weighted by Crippen LogP contribution is 2.71. The van der Waals surface area contributed by atoms with Crippen LogP contribution in [0.4, 0.5) is 0 Å². The average molecular weight is 492 g/mol. The van der Waals surface area contributed by atoms with Crippen LogP contribution < -0.4 is 5.32 Å². The summed E-state index contributed by atoms with van der Waals surface area (Å²) in [4.78, 5) is 26.5. The third kappa shape index (κ3) is 3.21. The molecule has 3 fully saturated rings. The zero-order valence-corrected chi connectivity index (χ0v) is 23.0. The van der Waals surface area contributed by atoms with Crippen LogP contribution in [0.15, 0.2) is 34.9 Å². The summed E-state index contributed by atoms with van der Waals surface area (Å²) in [6, 6.07) is 0. The Hall–Kier alpha value is -1.68. The van der Waals surface area contributed by atoms with E-state index in [1.807, 2.05) is 0 Å². The molecule has 1 aliphatic heterocycles. The number of hydrogen-bond donors (Lipinski definition) is 2. The Kier molecular flexibility index (Phi) is 5.58. The van der Waals surface area contributed by atoms with Crippen molar-refractivity contribution in [3.63, 3.8) is 0 Å². The zero-order valence-electron chi connectivity index (χ0n) is 23.0. The van der Waals surface area contributed by atoms with Crippen LogP contribution >= 0.6 is 0 Å². The molecular formula is C32H45NO3. The lowest BCUT2D eigenvalue weighted by molar-refractivity contribution is -0.126. The molecule has 2 N–H and O–H groups in total. The van der Waals surface area contributed by atoms with Crippen LogP contribution in [0, 0.1) is 64.1 Å². The second-order valence-corrected chi connectivity index (χ2v) is 14.1. The van der Waals surface area contributed by atoms with Gasteiger partial charge in [0.1, 0.15) is 0 Å². The summed E-state index contributed by atoms with van der Waals surface area (Å²) < 4.78 is 0. The number of fused-ring (bicyclic) bond motifs is 5. The van der Waals surface area contributed by atoms with E-state index in [-0.39, 0.29) is 52.4 Å². The molecular weight excluding hydrogens is 446 g/mol. The van der Waals surface area contributed by atoms with Crippen molar-refractivity contribution in [2.75, 3.05) is 0 Å². The van der Waals surface area contributed by atoms with E-state index in [1.54, 1.807) is 5.57 Å². The summed E-state index contributed by atoms with van der Waals surface area (Å²) in [7, 11) is 0. The van der Waals surface area contributed by atoms with Gasteiger partial charge >= 0.3 is 0 Å². The van der Waals surface area contributed by atoms with Crippen molar-refractivity contribution < 1.29 is 14.7 Å². The van der Waals surface area contributed by atoms with Crippen LogP contribution in [0.25, 0.3) is 0 Å². The van der Waals surface area contributed by atoms with Gasteiger partial charge in [0.05, 0.1) is 17.9 Å². The Morgan fingerprint density at radius 3 is 2.42 bits per heavy atom. The molecule has 11 atom stereocenters. The number of nitrogens with one attached hydrogen (secondary N) is 1. The van der Waals surface area contributed by atoms with E-state index < -0.39 is 0 Å². The smallest absolute Gasteiger partial charge is 0.231 e. The van der Waals surface area contributed by atoms with Gasteiger partial charge in [-0.05, 0) is 84.9 Å². The molecule has 4 nitrogen and oxygen atoms in total. The number of rotatable bonds is 4. The van der Waals surface area contributed by atoms with Crippen molar-refractivity contribution >= 4 is 11.8 Å². The first-order valence-electron chi connectivity index (χ1n) is 14.6. The van der Waals surface area contributed by atoms with Crippen molar-refractivity contribution in [3.8, 4) is 0 Å². The van der Waals surface area contributed by atoms with Gasteiger partial charge in [-0.1, -0.05) is 76.5 Å². The minimum Gasteiger partial charge on any atom is -0.393 e. The van der Waals surface area contributed by atoms with E-state index >= 15 is 0 Å². The van der Waals surface area contributed by atoms with Gasteiger partial charge in [-0.15, -0.1) is 0 Å². The molecule has 36 heavy (non-hydrogen) atoms. The number of carbonyl (C=O) groups is 2. The predicted octanol–water partition coefficient (Wildman–Crippen LogP) is 5.83. The van der Waals surface area contributed by atoms with Gasteiger partial charge in [0, 0.05) is 5.92 Å². The molecule has 1 saturated heterocycles. The first-order chi connectivity index (χ1) is 17.0. The SMILES string of the molecule is CC(C)[C@@H](C)/C=C/[C@@H](C)[C@H]1C[C@H]2C3=C4[C@@H](C=C5C[C@@H](O)CC[C@]5(C)[C@H]4CC[C@@]31C)[C@@H]1C(=O)NC(=O)[C@@H]12. The molecule has 0 spiro atoms. The molecule has 196 valence electrons. The molecule has 0 aromatic rings. The Balaban J connectivity index is 1.49. The monoisotopic (exact) mass is 491 g/mol. The van der Waals surface area contributed by atoms with Crippen LogP contribution in [0.5, 0.6) is 0 Å². The van der Waals surface area contributed by atoms with E-state index in [0.717, 1.165) is 32.1 Å². The van der Waals surface area contributed by atoms with Crippen LogP contribution in [-0.4, -0.2) is 23.0 Å². The fourth-order valence-electron chi connectivity index (χ4n) is 9.74. The fourth-order valence-corrected chi connectivity index (χ4v) is 9.74. The number of aliphatic hydroxyl groups excluding tert-OH is 1. The lowest BCUT2D eigenvalue weighted by atomic mass is 9.46. The number of hydrogen-bond acceptors (Lipinski definition) is 3. The summed E-state index contributed by atoms with van der Waals surface area (Å²) in [5.41, 5.74) is 4.62. The van der Waals surface area contributed by atoms with Crippen molar-refractivity contribution in [2.45, 2.75) is 86.2 Å². The number of allylic oxidation sites excluding steroid dienone is 5. The Labute approximate surface area is 217 Å². The topological polar surface area (TPSA) is 66.4 Å². The molecule has 0 unspecified atom stereocenters. The van der Waals surface area contributed by atoms with Gasteiger partial charge in [-0.25, -0.2) is 0 Å².